The smallest absolute Gasteiger partial charge is 0.253 e. The van der Waals surface area contributed by atoms with Crippen LogP contribution in [0, 0.1) is 0 Å². The lowest BCUT2D eigenvalue weighted by atomic mass is 10.2. The van der Waals surface area contributed by atoms with Crippen LogP contribution in [-0.2, 0) is 0 Å². The highest BCUT2D eigenvalue weighted by atomic mass is 35.5. The van der Waals surface area contributed by atoms with E-state index in [1.807, 2.05) is 35.1 Å². The molecule has 8 heteroatoms. The molecule has 24 heavy (non-hydrogen) atoms. The van der Waals surface area contributed by atoms with E-state index in [0.717, 1.165) is 23.6 Å². The summed E-state index contributed by atoms with van der Waals surface area (Å²) in [5, 5.41) is 11.8. The second-order valence-electron chi connectivity index (χ2n) is 5.16. The molecule has 6 nitrogen and oxygen atoms in total. The standard InChI is InChI=1S/C16H16ClN5OS/c1-24-9-7-12(15-21-20-14-4-2-3-8-22(14)15)19-16(23)11-5-6-13(17)18-10-11/h2-6,8,10,12H,7,9H2,1H3,(H,19,23). The van der Waals surface area contributed by atoms with E-state index in [9.17, 15) is 4.79 Å². The third-order valence-electron chi connectivity index (χ3n) is 3.56. The summed E-state index contributed by atoms with van der Waals surface area (Å²) in [6.07, 6.45) is 6.14. The Morgan fingerprint density at radius 3 is 2.96 bits per heavy atom. The number of rotatable bonds is 6. The minimum absolute atomic E-state index is 0.210. The van der Waals surface area contributed by atoms with Gasteiger partial charge >= 0.3 is 0 Å². The monoisotopic (exact) mass is 361 g/mol. The molecule has 3 rings (SSSR count). The molecule has 1 amide bonds. The van der Waals surface area contributed by atoms with Crippen LogP contribution in [0.2, 0.25) is 5.15 Å². The molecule has 0 spiro atoms. The lowest BCUT2D eigenvalue weighted by Gasteiger charge is -2.17. The molecule has 0 saturated carbocycles. The van der Waals surface area contributed by atoms with E-state index in [4.69, 9.17) is 11.6 Å². The molecule has 3 aromatic rings. The van der Waals surface area contributed by atoms with Crippen molar-refractivity contribution in [2.24, 2.45) is 0 Å². The number of halogens is 1. The van der Waals surface area contributed by atoms with Gasteiger partial charge in [-0.15, -0.1) is 10.2 Å². The molecule has 0 saturated heterocycles. The molecule has 1 N–H and O–H groups in total. The van der Waals surface area contributed by atoms with Crippen molar-refractivity contribution in [3.8, 4) is 0 Å². The van der Waals surface area contributed by atoms with Crippen molar-refractivity contribution in [2.75, 3.05) is 12.0 Å². The number of fused-ring (bicyclic) bond motifs is 1. The normalized spacial score (nSPS) is 12.2. The predicted molar refractivity (Wildman–Crippen MR) is 95.4 cm³/mol. The Bertz CT molecular complexity index is 836. The van der Waals surface area contributed by atoms with E-state index >= 15 is 0 Å². The van der Waals surface area contributed by atoms with E-state index < -0.39 is 0 Å². The van der Waals surface area contributed by atoms with E-state index in [2.05, 4.69) is 20.5 Å². The summed E-state index contributed by atoms with van der Waals surface area (Å²) < 4.78 is 1.89. The zero-order valence-electron chi connectivity index (χ0n) is 13.0. The highest BCUT2D eigenvalue weighted by molar-refractivity contribution is 7.98. The number of hydrogen-bond acceptors (Lipinski definition) is 5. The summed E-state index contributed by atoms with van der Waals surface area (Å²) in [6.45, 7) is 0. The van der Waals surface area contributed by atoms with Gasteiger partial charge in [-0.2, -0.15) is 11.8 Å². The summed E-state index contributed by atoms with van der Waals surface area (Å²) in [5.74, 6) is 1.40. The molecule has 0 bridgehead atoms. The first kappa shape index (κ1) is 16.7. The van der Waals surface area contributed by atoms with Gasteiger partial charge < -0.3 is 5.32 Å². The number of aromatic nitrogens is 4. The lowest BCUT2D eigenvalue weighted by Crippen LogP contribution is -2.30. The van der Waals surface area contributed by atoms with E-state index in [1.165, 1.54) is 6.20 Å². The van der Waals surface area contributed by atoms with Gasteiger partial charge in [0.2, 0.25) is 0 Å². The molecule has 1 unspecified atom stereocenters. The third-order valence-corrected chi connectivity index (χ3v) is 4.42. The number of pyridine rings is 2. The first-order valence-electron chi connectivity index (χ1n) is 7.40. The van der Waals surface area contributed by atoms with Crippen molar-refractivity contribution in [1.29, 1.82) is 0 Å². The minimum Gasteiger partial charge on any atom is -0.342 e. The molecular weight excluding hydrogens is 346 g/mol. The van der Waals surface area contributed by atoms with Crippen LogP contribution in [0.3, 0.4) is 0 Å². The molecule has 0 fully saturated rings. The van der Waals surface area contributed by atoms with Gasteiger partial charge in [0, 0.05) is 12.4 Å². The summed E-state index contributed by atoms with van der Waals surface area (Å²) in [6, 6.07) is 8.71. The van der Waals surface area contributed by atoms with E-state index in [0.29, 0.717) is 10.7 Å². The molecule has 0 radical (unpaired) electrons. The van der Waals surface area contributed by atoms with Crippen LogP contribution >= 0.6 is 23.4 Å². The average Bonchev–Trinajstić information content (AvgIpc) is 3.03. The fourth-order valence-electron chi connectivity index (χ4n) is 2.35. The predicted octanol–water partition coefficient (Wildman–Crippen LogP) is 3.00. The first-order chi connectivity index (χ1) is 11.7. The fraction of sp³-hybridized carbons (Fsp3) is 0.250. The Kier molecular flexibility index (Phi) is 5.32. The van der Waals surface area contributed by atoms with E-state index in [-0.39, 0.29) is 11.9 Å². The Morgan fingerprint density at radius 1 is 1.33 bits per heavy atom. The highest BCUT2D eigenvalue weighted by Crippen LogP contribution is 2.19. The number of carbonyl (C=O) groups is 1. The van der Waals surface area contributed by atoms with Crippen molar-refractivity contribution >= 4 is 34.9 Å². The van der Waals surface area contributed by atoms with Gasteiger partial charge in [-0.25, -0.2) is 4.98 Å². The number of amides is 1. The zero-order chi connectivity index (χ0) is 16.9. The maximum atomic E-state index is 12.5. The molecule has 3 heterocycles. The van der Waals surface area contributed by atoms with Crippen LogP contribution in [0.5, 0.6) is 0 Å². The quantitative estimate of drug-likeness (QED) is 0.683. The van der Waals surface area contributed by atoms with Crippen LogP contribution in [0.4, 0.5) is 0 Å². The van der Waals surface area contributed by atoms with Crippen molar-refractivity contribution < 1.29 is 4.79 Å². The molecule has 124 valence electrons. The Balaban J connectivity index is 1.86. The number of thioether (sulfide) groups is 1. The van der Waals surface area contributed by atoms with Crippen LogP contribution in [0.1, 0.15) is 28.6 Å². The van der Waals surface area contributed by atoms with Gasteiger partial charge in [0.15, 0.2) is 11.5 Å². The molecule has 0 aliphatic carbocycles. The third kappa shape index (κ3) is 3.68. The minimum atomic E-state index is -0.238. The summed E-state index contributed by atoms with van der Waals surface area (Å²) in [4.78, 5) is 16.5. The second-order valence-corrected chi connectivity index (χ2v) is 6.54. The van der Waals surface area contributed by atoms with Crippen molar-refractivity contribution in [3.63, 3.8) is 0 Å². The van der Waals surface area contributed by atoms with E-state index in [1.54, 1.807) is 23.9 Å². The van der Waals surface area contributed by atoms with Gasteiger partial charge in [-0.3, -0.25) is 9.20 Å². The SMILES string of the molecule is CSCCC(NC(=O)c1ccc(Cl)nc1)c1nnc2ccccn12. The van der Waals surface area contributed by atoms with Gasteiger partial charge in [0.05, 0.1) is 11.6 Å². The van der Waals surface area contributed by atoms with Crippen molar-refractivity contribution in [1.82, 2.24) is 24.9 Å². The molecule has 0 aliphatic heterocycles. The van der Waals surface area contributed by atoms with Crippen LogP contribution in [0.15, 0.2) is 42.7 Å². The lowest BCUT2D eigenvalue weighted by molar-refractivity contribution is 0.0933. The van der Waals surface area contributed by atoms with Gasteiger partial charge in [0.25, 0.3) is 5.91 Å². The van der Waals surface area contributed by atoms with Gasteiger partial charge in [0.1, 0.15) is 5.15 Å². The topological polar surface area (TPSA) is 72.2 Å². The largest absolute Gasteiger partial charge is 0.342 e. The molecule has 0 aliphatic rings. The summed E-state index contributed by atoms with van der Waals surface area (Å²) in [7, 11) is 0. The van der Waals surface area contributed by atoms with Crippen LogP contribution in [-0.4, -0.2) is 37.5 Å². The zero-order valence-corrected chi connectivity index (χ0v) is 14.6. The number of nitrogens with one attached hydrogen (secondary N) is 1. The van der Waals surface area contributed by atoms with Crippen molar-refractivity contribution in [3.05, 3.63) is 59.3 Å². The Morgan fingerprint density at radius 2 is 2.21 bits per heavy atom. The average molecular weight is 362 g/mol. The van der Waals surface area contributed by atoms with Crippen LogP contribution < -0.4 is 5.32 Å². The van der Waals surface area contributed by atoms with Crippen LogP contribution in [0.25, 0.3) is 5.65 Å². The second kappa shape index (κ2) is 7.63. The molecule has 1 atom stereocenters. The van der Waals surface area contributed by atoms with Gasteiger partial charge in [-0.1, -0.05) is 17.7 Å². The van der Waals surface area contributed by atoms with Gasteiger partial charge in [-0.05, 0) is 42.7 Å². The maximum absolute atomic E-state index is 12.5. The molecule has 3 aromatic heterocycles. The number of carbonyl (C=O) groups excluding carboxylic acids is 1. The number of hydrogen-bond donors (Lipinski definition) is 1. The summed E-state index contributed by atoms with van der Waals surface area (Å²) in [5.41, 5.74) is 1.21. The fourth-order valence-corrected chi connectivity index (χ4v) is 2.93. The Labute approximate surface area is 148 Å². The number of nitrogens with zero attached hydrogens (tertiary/aromatic N) is 4. The Hall–Kier alpha value is -2.12. The summed E-state index contributed by atoms with van der Waals surface area (Å²) >= 11 is 7.49. The highest BCUT2D eigenvalue weighted by Gasteiger charge is 2.21. The first-order valence-corrected chi connectivity index (χ1v) is 9.17. The molecule has 0 aromatic carbocycles. The van der Waals surface area contributed by atoms with Crippen molar-refractivity contribution in [2.45, 2.75) is 12.5 Å². The maximum Gasteiger partial charge on any atom is 0.253 e. The molecular formula is C16H16ClN5OS.